The lowest BCUT2D eigenvalue weighted by molar-refractivity contribution is 0.325. The van der Waals surface area contributed by atoms with Crippen LogP contribution in [-0.4, -0.2) is 39.2 Å². The van der Waals surface area contributed by atoms with Crippen LogP contribution in [0.1, 0.15) is 28.6 Å². The van der Waals surface area contributed by atoms with Crippen LogP contribution < -0.4 is 0 Å². The number of hydrogen-bond acceptors (Lipinski definition) is 4. The molecule has 1 atom stereocenters. The molecule has 0 aliphatic carbocycles. The summed E-state index contributed by atoms with van der Waals surface area (Å²) >= 11 is 6.44. The molecule has 0 amide bonds. The minimum absolute atomic E-state index is 0.146. The van der Waals surface area contributed by atoms with Gasteiger partial charge in [0, 0.05) is 5.02 Å². The summed E-state index contributed by atoms with van der Waals surface area (Å²) in [5, 5.41) is 13.2. The molecule has 0 aliphatic rings. The minimum Gasteiger partial charge on any atom is -0.296 e. The maximum atomic E-state index is 6.44. The highest BCUT2D eigenvalue weighted by atomic mass is 35.5. The molecule has 2 aromatic carbocycles. The molecule has 1 unspecified atom stereocenters. The first kappa shape index (κ1) is 16.6. The molecule has 3 rings (SSSR count). The Kier molecular flexibility index (Phi) is 4.64. The van der Waals surface area contributed by atoms with Gasteiger partial charge in [-0.25, -0.2) is 0 Å². The number of tetrazole rings is 1. The van der Waals surface area contributed by atoms with Gasteiger partial charge >= 0.3 is 0 Å². The molecule has 124 valence electrons. The topological polar surface area (TPSA) is 46.8 Å². The molecule has 0 aliphatic heterocycles. The van der Waals surface area contributed by atoms with E-state index in [0.29, 0.717) is 5.02 Å². The van der Waals surface area contributed by atoms with Crippen molar-refractivity contribution in [3.8, 4) is 5.69 Å². The van der Waals surface area contributed by atoms with E-state index in [1.807, 2.05) is 49.1 Å². The van der Waals surface area contributed by atoms with Crippen LogP contribution in [-0.2, 0) is 0 Å². The Morgan fingerprint density at radius 1 is 1.00 bits per heavy atom. The van der Waals surface area contributed by atoms with E-state index in [2.05, 4.69) is 46.4 Å². The van der Waals surface area contributed by atoms with Crippen molar-refractivity contribution in [2.45, 2.75) is 19.9 Å². The number of para-hydroxylation sites is 1. The van der Waals surface area contributed by atoms with E-state index in [-0.39, 0.29) is 6.04 Å². The molecular formula is C18H20ClN5. The highest BCUT2D eigenvalue weighted by molar-refractivity contribution is 6.31. The molecule has 1 aromatic heterocycles. The molecule has 5 nitrogen and oxygen atoms in total. The molecule has 0 saturated carbocycles. The molecule has 1 heterocycles. The van der Waals surface area contributed by atoms with Crippen molar-refractivity contribution in [3.05, 3.63) is 70.0 Å². The Morgan fingerprint density at radius 2 is 1.67 bits per heavy atom. The number of nitrogens with zero attached hydrogens (tertiary/aromatic N) is 5. The van der Waals surface area contributed by atoms with E-state index < -0.39 is 0 Å². The zero-order valence-electron chi connectivity index (χ0n) is 14.2. The highest BCUT2D eigenvalue weighted by Gasteiger charge is 2.26. The fourth-order valence-electron chi connectivity index (χ4n) is 3.01. The summed E-state index contributed by atoms with van der Waals surface area (Å²) in [6.45, 7) is 4.13. The molecule has 0 radical (unpaired) electrons. The average Bonchev–Trinajstić information content (AvgIpc) is 2.98. The second-order valence-electron chi connectivity index (χ2n) is 6.08. The number of aryl methyl sites for hydroxylation is 2. The van der Waals surface area contributed by atoms with Crippen LogP contribution in [0.2, 0.25) is 5.02 Å². The first-order valence-corrected chi connectivity index (χ1v) is 8.14. The first-order valence-electron chi connectivity index (χ1n) is 7.76. The summed E-state index contributed by atoms with van der Waals surface area (Å²) in [6, 6.07) is 13.8. The predicted octanol–water partition coefficient (Wildman–Crippen LogP) is 3.58. The molecule has 6 heteroatoms. The van der Waals surface area contributed by atoms with E-state index in [1.165, 1.54) is 0 Å². The van der Waals surface area contributed by atoms with Crippen molar-refractivity contribution in [3.63, 3.8) is 0 Å². The Morgan fingerprint density at radius 3 is 2.29 bits per heavy atom. The van der Waals surface area contributed by atoms with E-state index in [1.54, 1.807) is 0 Å². The van der Waals surface area contributed by atoms with Gasteiger partial charge in [-0.15, -0.1) is 5.10 Å². The van der Waals surface area contributed by atoms with Crippen molar-refractivity contribution in [1.82, 2.24) is 25.1 Å². The van der Waals surface area contributed by atoms with Gasteiger partial charge in [-0.1, -0.05) is 48.0 Å². The van der Waals surface area contributed by atoms with Crippen molar-refractivity contribution < 1.29 is 0 Å². The third-order valence-electron chi connectivity index (χ3n) is 4.11. The predicted molar refractivity (Wildman–Crippen MR) is 95.6 cm³/mol. The normalized spacial score (nSPS) is 12.6. The maximum Gasteiger partial charge on any atom is 0.178 e. The molecule has 24 heavy (non-hydrogen) atoms. The fraction of sp³-hybridized carbons (Fsp3) is 0.278. The number of rotatable bonds is 4. The largest absolute Gasteiger partial charge is 0.296 e. The van der Waals surface area contributed by atoms with Crippen molar-refractivity contribution >= 4 is 11.6 Å². The number of halogens is 1. The molecule has 0 spiro atoms. The zero-order valence-corrected chi connectivity index (χ0v) is 15.0. The summed E-state index contributed by atoms with van der Waals surface area (Å²) in [6.07, 6.45) is 0. The van der Waals surface area contributed by atoms with E-state index in [9.17, 15) is 0 Å². The molecule has 0 N–H and O–H groups in total. The molecule has 0 fully saturated rings. The second-order valence-corrected chi connectivity index (χ2v) is 6.48. The Hall–Kier alpha value is -2.24. The van der Waals surface area contributed by atoms with Crippen LogP contribution in [0.25, 0.3) is 5.69 Å². The van der Waals surface area contributed by atoms with Crippen LogP contribution in [0.3, 0.4) is 0 Å². The maximum absolute atomic E-state index is 6.44. The number of aromatic nitrogens is 4. The van der Waals surface area contributed by atoms with Crippen LogP contribution in [0.15, 0.2) is 42.5 Å². The summed E-state index contributed by atoms with van der Waals surface area (Å²) in [5.41, 5.74) is 4.24. The highest BCUT2D eigenvalue weighted by Crippen LogP contribution is 2.32. The standard InChI is InChI=1S/C18H20ClN5/c1-12-8-7-9-13(2)16(12)24-18(20-21-22-24)17(23(3)4)14-10-5-6-11-15(14)19/h5-11,17H,1-4H3. The van der Waals surface area contributed by atoms with Crippen LogP contribution >= 0.6 is 11.6 Å². The van der Waals surface area contributed by atoms with Gasteiger partial charge in [-0.05, 0) is 61.1 Å². The van der Waals surface area contributed by atoms with Crippen LogP contribution in [0, 0.1) is 13.8 Å². The van der Waals surface area contributed by atoms with Crippen LogP contribution in [0.4, 0.5) is 0 Å². The first-order chi connectivity index (χ1) is 11.5. The quantitative estimate of drug-likeness (QED) is 0.727. The molecule has 3 aromatic rings. The Bertz CT molecular complexity index is 836. The smallest absolute Gasteiger partial charge is 0.178 e. The van der Waals surface area contributed by atoms with E-state index >= 15 is 0 Å². The number of hydrogen-bond donors (Lipinski definition) is 0. The van der Waals surface area contributed by atoms with Gasteiger partial charge in [0.25, 0.3) is 0 Å². The number of benzene rings is 2. The monoisotopic (exact) mass is 341 g/mol. The second kappa shape index (κ2) is 6.71. The summed E-state index contributed by atoms with van der Waals surface area (Å²) in [5.74, 6) is 0.741. The summed E-state index contributed by atoms with van der Waals surface area (Å²) in [4.78, 5) is 2.07. The van der Waals surface area contributed by atoms with Gasteiger partial charge in [-0.2, -0.15) is 4.68 Å². The van der Waals surface area contributed by atoms with Gasteiger partial charge in [0.15, 0.2) is 5.82 Å². The summed E-state index contributed by atoms with van der Waals surface area (Å²) in [7, 11) is 4.00. The molecule has 0 saturated heterocycles. The molecule has 0 bridgehead atoms. The Balaban J connectivity index is 2.20. The van der Waals surface area contributed by atoms with Crippen molar-refractivity contribution in [1.29, 1.82) is 0 Å². The van der Waals surface area contributed by atoms with E-state index in [4.69, 9.17) is 11.6 Å². The fourth-order valence-corrected chi connectivity index (χ4v) is 3.25. The lowest BCUT2D eigenvalue weighted by Crippen LogP contribution is -2.25. The molecular weight excluding hydrogens is 322 g/mol. The zero-order chi connectivity index (χ0) is 17.3. The third kappa shape index (κ3) is 2.92. The van der Waals surface area contributed by atoms with Crippen molar-refractivity contribution in [2.24, 2.45) is 0 Å². The van der Waals surface area contributed by atoms with Gasteiger partial charge in [0.05, 0.1) is 11.7 Å². The Labute approximate surface area is 146 Å². The van der Waals surface area contributed by atoms with Gasteiger partial charge < -0.3 is 0 Å². The minimum atomic E-state index is -0.146. The average molecular weight is 342 g/mol. The van der Waals surface area contributed by atoms with Gasteiger partial charge in [0.2, 0.25) is 0 Å². The SMILES string of the molecule is Cc1cccc(C)c1-n1nnnc1C(c1ccccc1Cl)N(C)C. The third-order valence-corrected chi connectivity index (χ3v) is 4.45. The van der Waals surface area contributed by atoms with Crippen molar-refractivity contribution in [2.75, 3.05) is 14.1 Å². The van der Waals surface area contributed by atoms with Crippen LogP contribution in [0.5, 0.6) is 0 Å². The van der Waals surface area contributed by atoms with Gasteiger partial charge in [0.1, 0.15) is 0 Å². The van der Waals surface area contributed by atoms with E-state index in [0.717, 1.165) is 28.2 Å². The summed E-state index contributed by atoms with van der Waals surface area (Å²) < 4.78 is 1.82. The lowest BCUT2D eigenvalue weighted by Gasteiger charge is -2.25. The van der Waals surface area contributed by atoms with Gasteiger partial charge in [-0.3, -0.25) is 4.90 Å². The lowest BCUT2D eigenvalue weighted by atomic mass is 10.0.